The Morgan fingerprint density at radius 1 is 1.47 bits per heavy atom. The molecule has 4 nitrogen and oxygen atoms in total. The topological polar surface area (TPSA) is 44.1 Å². The quantitative estimate of drug-likeness (QED) is 0.704. The SMILES string of the molecule is CC(C)n1nccc1C(=O)OC(C)(C)C. The summed E-state index contributed by atoms with van der Waals surface area (Å²) in [6.45, 7) is 9.49. The second kappa shape index (κ2) is 4.04. The molecule has 0 aliphatic heterocycles. The zero-order valence-electron chi connectivity index (χ0n) is 9.94. The fourth-order valence-corrected chi connectivity index (χ4v) is 1.22. The van der Waals surface area contributed by atoms with Crippen LogP contribution in [0.1, 0.15) is 51.1 Å². The molecule has 0 N–H and O–H groups in total. The van der Waals surface area contributed by atoms with Crippen molar-refractivity contribution >= 4 is 5.97 Å². The summed E-state index contributed by atoms with van der Waals surface area (Å²) in [6.07, 6.45) is 1.61. The van der Waals surface area contributed by atoms with Gasteiger partial charge >= 0.3 is 5.97 Å². The zero-order valence-corrected chi connectivity index (χ0v) is 9.94. The van der Waals surface area contributed by atoms with E-state index in [1.807, 2.05) is 34.6 Å². The highest BCUT2D eigenvalue weighted by molar-refractivity contribution is 5.87. The Kier molecular flexibility index (Phi) is 3.17. The second-order valence-corrected chi connectivity index (χ2v) is 4.76. The largest absolute Gasteiger partial charge is 0.455 e. The molecule has 1 aromatic rings. The van der Waals surface area contributed by atoms with E-state index in [4.69, 9.17) is 4.74 Å². The van der Waals surface area contributed by atoms with E-state index in [0.717, 1.165) is 0 Å². The van der Waals surface area contributed by atoms with Crippen LogP contribution in [-0.4, -0.2) is 21.4 Å². The van der Waals surface area contributed by atoms with E-state index in [1.165, 1.54) is 0 Å². The number of carbonyl (C=O) groups excluding carboxylic acids is 1. The Bertz CT molecular complexity index is 348. The maximum atomic E-state index is 11.8. The Labute approximate surface area is 90.2 Å². The maximum Gasteiger partial charge on any atom is 0.357 e. The Morgan fingerprint density at radius 3 is 2.53 bits per heavy atom. The monoisotopic (exact) mass is 210 g/mol. The number of carbonyl (C=O) groups is 1. The van der Waals surface area contributed by atoms with Crippen molar-refractivity contribution in [2.75, 3.05) is 0 Å². The third-order valence-corrected chi connectivity index (χ3v) is 1.77. The molecular weight excluding hydrogens is 192 g/mol. The summed E-state index contributed by atoms with van der Waals surface area (Å²) in [5.74, 6) is -0.325. The number of hydrogen-bond acceptors (Lipinski definition) is 3. The summed E-state index contributed by atoms with van der Waals surface area (Å²) in [7, 11) is 0. The number of hydrogen-bond donors (Lipinski definition) is 0. The van der Waals surface area contributed by atoms with Gasteiger partial charge < -0.3 is 4.74 Å². The number of nitrogens with zero attached hydrogens (tertiary/aromatic N) is 2. The zero-order chi connectivity index (χ0) is 11.6. The van der Waals surface area contributed by atoms with Crippen molar-refractivity contribution in [3.8, 4) is 0 Å². The molecule has 0 spiro atoms. The van der Waals surface area contributed by atoms with Crippen LogP contribution in [-0.2, 0) is 4.74 Å². The highest BCUT2D eigenvalue weighted by atomic mass is 16.6. The smallest absolute Gasteiger partial charge is 0.357 e. The predicted molar refractivity (Wildman–Crippen MR) is 57.8 cm³/mol. The van der Waals surface area contributed by atoms with Gasteiger partial charge in [-0.1, -0.05) is 0 Å². The molecule has 0 saturated carbocycles. The van der Waals surface area contributed by atoms with E-state index in [-0.39, 0.29) is 12.0 Å². The molecule has 0 saturated heterocycles. The van der Waals surface area contributed by atoms with Crippen molar-refractivity contribution in [3.63, 3.8) is 0 Å². The number of aromatic nitrogens is 2. The average Bonchev–Trinajstić information content (AvgIpc) is 2.47. The third-order valence-electron chi connectivity index (χ3n) is 1.77. The van der Waals surface area contributed by atoms with Gasteiger partial charge in [0.2, 0.25) is 0 Å². The van der Waals surface area contributed by atoms with Crippen LogP contribution in [0.15, 0.2) is 12.3 Å². The van der Waals surface area contributed by atoms with Gasteiger partial charge in [0, 0.05) is 12.2 Å². The highest BCUT2D eigenvalue weighted by Crippen LogP contribution is 2.14. The van der Waals surface area contributed by atoms with Gasteiger partial charge in [-0.2, -0.15) is 5.10 Å². The van der Waals surface area contributed by atoms with Gasteiger partial charge in [-0.15, -0.1) is 0 Å². The van der Waals surface area contributed by atoms with Crippen molar-refractivity contribution in [2.24, 2.45) is 0 Å². The van der Waals surface area contributed by atoms with Crippen LogP contribution in [0, 0.1) is 0 Å². The van der Waals surface area contributed by atoms with Gasteiger partial charge in [-0.05, 0) is 40.7 Å². The second-order valence-electron chi connectivity index (χ2n) is 4.76. The number of esters is 1. The maximum absolute atomic E-state index is 11.8. The van der Waals surface area contributed by atoms with E-state index in [2.05, 4.69) is 5.10 Å². The molecule has 0 bridgehead atoms. The molecular formula is C11H18N2O2. The van der Waals surface area contributed by atoms with Crippen LogP contribution in [0.2, 0.25) is 0 Å². The molecule has 4 heteroatoms. The van der Waals surface area contributed by atoms with E-state index in [0.29, 0.717) is 5.69 Å². The fraction of sp³-hybridized carbons (Fsp3) is 0.636. The van der Waals surface area contributed by atoms with Gasteiger partial charge in [0.1, 0.15) is 11.3 Å². The van der Waals surface area contributed by atoms with Crippen LogP contribution in [0.3, 0.4) is 0 Å². The van der Waals surface area contributed by atoms with Crippen LogP contribution >= 0.6 is 0 Å². The summed E-state index contributed by atoms with van der Waals surface area (Å²) in [5, 5.41) is 4.08. The first-order valence-corrected chi connectivity index (χ1v) is 5.08. The normalized spacial score (nSPS) is 11.9. The summed E-state index contributed by atoms with van der Waals surface area (Å²) in [5.41, 5.74) is 0.0308. The number of ether oxygens (including phenoxy) is 1. The van der Waals surface area contributed by atoms with Crippen molar-refractivity contribution in [1.29, 1.82) is 0 Å². The van der Waals surface area contributed by atoms with Gasteiger partial charge in [0.25, 0.3) is 0 Å². The summed E-state index contributed by atoms with van der Waals surface area (Å²) in [6, 6.07) is 1.83. The first kappa shape index (κ1) is 11.8. The lowest BCUT2D eigenvalue weighted by molar-refractivity contribution is 0.00543. The van der Waals surface area contributed by atoms with E-state index in [9.17, 15) is 4.79 Å². The van der Waals surface area contributed by atoms with Crippen LogP contribution in [0.4, 0.5) is 0 Å². The van der Waals surface area contributed by atoms with Crippen molar-refractivity contribution in [3.05, 3.63) is 18.0 Å². The van der Waals surface area contributed by atoms with Crippen molar-refractivity contribution in [1.82, 2.24) is 9.78 Å². The molecule has 0 amide bonds. The van der Waals surface area contributed by atoms with Crippen LogP contribution in [0.5, 0.6) is 0 Å². The first-order valence-electron chi connectivity index (χ1n) is 5.08. The molecule has 0 aliphatic carbocycles. The minimum Gasteiger partial charge on any atom is -0.455 e. The molecule has 1 aromatic heterocycles. The fourth-order valence-electron chi connectivity index (χ4n) is 1.22. The lowest BCUT2D eigenvalue weighted by Gasteiger charge is -2.20. The Hall–Kier alpha value is -1.32. The van der Waals surface area contributed by atoms with Crippen molar-refractivity contribution in [2.45, 2.75) is 46.3 Å². The lowest BCUT2D eigenvalue weighted by atomic mass is 10.2. The summed E-state index contributed by atoms with van der Waals surface area (Å²) < 4.78 is 6.93. The average molecular weight is 210 g/mol. The lowest BCUT2D eigenvalue weighted by Crippen LogP contribution is -2.26. The Morgan fingerprint density at radius 2 is 2.07 bits per heavy atom. The van der Waals surface area contributed by atoms with Gasteiger partial charge in [0.05, 0.1) is 0 Å². The summed E-state index contributed by atoms with van der Waals surface area (Å²) >= 11 is 0. The van der Waals surface area contributed by atoms with E-state index < -0.39 is 5.60 Å². The molecule has 0 aliphatic rings. The molecule has 0 fully saturated rings. The van der Waals surface area contributed by atoms with E-state index >= 15 is 0 Å². The minimum absolute atomic E-state index is 0.155. The summed E-state index contributed by atoms with van der Waals surface area (Å²) in [4.78, 5) is 11.8. The van der Waals surface area contributed by atoms with Gasteiger partial charge in [0.15, 0.2) is 0 Å². The molecule has 1 heterocycles. The van der Waals surface area contributed by atoms with Crippen molar-refractivity contribution < 1.29 is 9.53 Å². The first-order chi connectivity index (χ1) is 6.81. The van der Waals surface area contributed by atoms with Gasteiger partial charge in [-0.25, -0.2) is 4.79 Å². The van der Waals surface area contributed by atoms with E-state index in [1.54, 1.807) is 16.9 Å². The molecule has 0 radical (unpaired) electrons. The van der Waals surface area contributed by atoms with Gasteiger partial charge in [-0.3, -0.25) is 4.68 Å². The number of rotatable bonds is 2. The predicted octanol–water partition coefficient (Wildman–Crippen LogP) is 2.42. The third kappa shape index (κ3) is 3.08. The molecule has 0 unspecified atom stereocenters. The molecule has 0 atom stereocenters. The molecule has 15 heavy (non-hydrogen) atoms. The molecule has 84 valence electrons. The standard InChI is InChI=1S/C11H18N2O2/c1-8(2)13-9(6-7-12-13)10(14)15-11(3,4)5/h6-8H,1-5H3. The molecule has 0 aromatic carbocycles. The molecule has 1 rings (SSSR count). The Balaban J connectivity index is 2.87. The van der Waals surface area contributed by atoms with Crippen LogP contribution < -0.4 is 0 Å². The highest BCUT2D eigenvalue weighted by Gasteiger charge is 2.21. The minimum atomic E-state index is -0.469. The van der Waals surface area contributed by atoms with Crippen LogP contribution in [0.25, 0.3) is 0 Å².